The summed E-state index contributed by atoms with van der Waals surface area (Å²) in [6.45, 7) is 5.45. The molecule has 0 atom stereocenters. The summed E-state index contributed by atoms with van der Waals surface area (Å²) in [5.74, 6) is 0.703. The molecule has 0 aliphatic heterocycles. The third-order valence-corrected chi connectivity index (χ3v) is 4.78. The van der Waals surface area contributed by atoms with E-state index in [2.05, 4.69) is 55.6 Å². The first-order valence-corrected chi connectivity index (χ1v) is 9.14. The number of hydrogen-bond donors (Lipinski definition) is 1. The third-order valence-electron chi connectivity index (χ3n) is 4.78. The van der Waals surface area contributed by atoms with Crippen molar-refractivity contribution in [1.29, 1.82) is 0 Å². The third kappa shape index (κ3) is 3.79. The molecule has 27 heavy (non-hydrogen) atoms. The number of benzene rings is 3. The van der Waals surface area contributed by atoms with Gasteiger partial charge in [0.05, 0.1) is 6.54 Å². The fourth-order valence-electron chi connectivity index (χ4n) is 3.35. The van der Waals surface area contributed by atoms with Gasteiger partial charge < -0.3 is 9.73 Å². The molecule has 4 aromatic rings. The van der Waals surface area contributed by atoms with Gasteiger partial charge in [0, 0.05) is 17.5 Å². The van der Waals surface area contributed by atoms with Crippen molar-refractivity contribution in [2.24, 2.45) is 0 Å². The van der Waals surface area contributed by atoms with Gasteiger partial charge in [0.15, 0.2) is 0 Å². The molecule has 136 valence electrons. The quantitative estimate of drug-likeness (QED) is 0.462. The zero-order valence-corrected chi connectivity index (χ0v) is 15.6. The Morgan fingerprint density at radius 3 is 2.26 bits per heavy atom. The maximum Gasteiger partial charge on any atom is 0.135 e. The Balaban J connectivity index is 1.65. The van der Waals surface area contributed by atoms with Gasteiger partial charge in [-0.05, 0) is 49.2 Å². The van der Waals surface area contributed by atoms with E-state index in [-0.39, 0.29) is 5.82 Å². The molecule has 0 saturated heterocycles. The van der Waals surface area contributed by atoms with Gasteiger partial charge in [0.1, 0.15) is 17.2 Å². The van der Waals surface area contributed by atoms with E-state index in [1.807, 2.05) is 6.07 Å². The molecule has 1 N–H and O–H groups in total. The van der Waals surface area contributed by atoms with Gasteiger partial charge >= 0.3 is 0 Å². The lowest BCUT2D eigenvalue weighted by atomic mass is 9.99. The maximum absolute atomic E-state index is 13.1. The van der Waals surface area contributed by atoms with Crippen LogP contribution in [0.15, 0.2) is 71.1 Å². The van der Waals surface area contributed by atoms with Gasteiger partial charge in [-0.3, -0.25) is 0 Å². The van der Waals surface area contributed by atoms with Crippen molar-refractivity contribution in [3.63, 3.8) is 0 Å². The largest absolute Gasteiger partial charge is 0.459 e. The van der Waals surface area contributed by atoms with Gasteiger partial charge in [0.25, 0.3) is 0 Å². The summed E-state index contributed by atoms with van der Waals surface area (Å²) in [5, 5.41) is 4.55. The van der Waals surface area contributed by atoms with E-state index in [1.165, 1.54) is 23.3 Å². The monoisotopic (exact) mass is 359 g/mol. The molecule has 4 rings (SSSR count). The molecular formula is C24H22FNO. The molecule has 2 nitrogen and oxygen atoms in total. The van der Waals surface area contributed by atoms with Crippen molar-refractivity contribution in [2.45, 2.75) is 26.9 Å². The first-order chi connectivity index (χ1) is 13.1. The van der Waals surface area contributed by atoms with Gasteiger partial charge in [-0.1, -0.05) is 53.6 Å². The average molecular weight is 359 g/mol. The molecule has 0 fully saturated rings. The number of halogens is 1. The summed E-state index contributed by atoms with van der Waals surface area (Å²) in [5.41, 5.74) is 6.68. The molecule has 3 aromatic carbocycles. The molecule has 0 aliphatic rings. The fraction of sp³-hybridized carbons (Fsp3) is 0.167. The van der Waals surface area contributed by atoms with Crippen molar-refractivity contribution < 1.29 is 8.81 Å². The highest BCUT2D eigenvalue weighted by Gasteiger charge is 2.16. The number of fused-ring (bicyclic) bond motifs is 1. The Kier molecular flexibility index (Phi) is 4.78. The molecule has 3 heteroatoms. The first kappa shape index (κ1) is 17.5. The average Bonchev–Trinajstić information content (AvgIpc) is 3.01. The van der Waals surface area contributed by atoms with Crippen molar-refractivity contribution in [3.05, 3.63) is 95.0 Å². The van der Waals surface area contributed by atoms with Crippen LogP contribution in [-0.4, -0.2) is 0 Å². The summed E-state index contributed by atoms with van der Waals surface area (Å²) >= 11 is 0. The minimum atomic E-state index is -0.215. The Morgan fingerprint density at radius 1 is 0.815 bits per heavy atom. The number of furan rings is 1. The second kappa shape index (κ2) is 7.37. The molecule has 0 bridgehead atoms. The SMILES string of the molecule is Cc1ccc(-c2c(CNCc3ccc(F)cc3)oc3ccc(C)cc23)cc1. The topological polar surface area (TPSA) is 25.2 Å². The lowest BCUT2D eigenvalue weighted by Crippen LogP contribution is -2.12. The summed E-state index contributed by atoms with van der Waals surface area (Å²) in [6, 6.07) is 21.4. The van der Waals surface area contributed by atoms with Crippen LogP contribution >= 0.6 is 0 Å². The summed E-state index contributed by atoms with van der Waals surface area (Å²) < 4.78 is 19.2. The highest BCUT2D eigenvalue weighted by atomic mass is 19.1. The van der Waals surface area contributed by atoms with Crippen LogP contribution < -0.4 is 5.32 Å². The zero-order valence-electron chi connectivity index (χ0n) is 15.6. The first-order valence-electron chi connectivity index (χ1n) is 9.14. The molecule has 0 radical (unpaired) electrons. The second-order valence-electron chi connectivity index (χ2n) is 7.00. The van der Waals surface area contributed by atoms with Crippen LogP contribution in [0.4, 0.5) is 4.39 Å². The molecule has 0 saturated carbocycles. The number of hydrogen-bond acceptors (Lipinski definition) is 2. The molecular weight excluding hydrogens is 337 g/mol. The standard InChI is InChI=1S/C24H22FNO/c1-16-3-8-19(9-4-16)24-21-13-17(2)5-12-22(21)27-23(24)15-26-14-18-6-10-20(25)11-7-18/h3-13,26H,14-15H2,1-2H3. The Hall–Kier alpha value is -2.91. The Morgan fingerprint density at radius 2 is 1.52 bits per heavy atom. The van der Waals surface area contributed by atoms with Crippen molar-refractivity contribution >= 4 is 11.0 Å². The zero-order chi connectivity index (χ0) is 18.8. The maximum atomic E-state index is 13.1. The van der Waals surface area contributed by atoms with Gasteiger partial charge in [0.2, 0.25) is 0 Å². The van der Waals surface area contributed by atoms with Gasteiger partial charge in [-0.15, -0.1) is 0 Å². The van der Waals surface area contributed by atoms with Crippen LogP contribution in [0.2, 0.25) is 0 Å². The molecule has 0 unspecified atom stereocenters. The number of rotatable bonds is 5. The fourth-order valence-corrected chi connectivity index (χ4v) is 3.35. The molecule has 0 amide bonds. The van der Waals surface area contributed by atoms with Crippen molar-refractivity contribution in [1.82, 2.24) is 5.32 Å². The number of aryl methyl sites for hydroxylation is 2. The smallest absolute Gasteiger partial charge is 0.135 e. The molecule has 0 aliphatic carbocycles. The van der Waals surface area contributed by atoms with Crippen LogP contribution in [0, 0.1) is 19.7 Å². The lowest BCUT2D eigenvalue weighted by Gasteiger charge is -2.07. The Bertz CT molecular complexity index is 1060. The van der Waals surface area contributed by atoms with Crippen LogP contribution in [0.1, 0.15) is 22.5 Å². The minimum Gasteiger partial charge on any atom is -0.459 e. The van der Waals surface area contributed by atoms with E-state index in [9.17, 15) is 4.39 Å². The number of nitrogens with one attached hydrogen (secondary N) is 1. The Labute approximate surface area is 158 Å². The molecule has 0 spiro atoms. The van der Waals surface area contributed by atoms with Gasteiger partial charge in [-0.25, -0.2) is 4.39 Å². The van der Waals surface area contributed by atoms with Crippen LogP contribution in [0.3, 0.4) is 0 Å². The highest BCUT2D eigenvalue weighted by molar-refractivity contribution is 5.96. The van der Waals surface area contributed by atoms with E-state index < -0.39 is 0 Å². The second-order valence-corrected chi connectivity index (χ2v) is 7.00. The van der Waals surface area contributed by atoms with Crippen molar-refractivity contribution in [2.75, 3.05) is 0 Å². The van der Waals surface area contributed by atoms with Crippen molar-refractivity contribution in [3.8, 4) is 11.1 Å². The summed E-state index contributed by atoms with van der Waals surface area (Å²) in [7, 11) is 0. The van der Waals surface area contributed by atoms with E-state index in [0.29, 0.717) is 13.1 Å². The van der Waals surface area contributed by atoms with Crippen LogP contribution in [0.5, 0.6) is 0 Å². The van der Waals surface area contributed by atoms with E-state index in [0.717, 1.165) is 33.4 Å². The highest BCUT2D eigenvalue weighted by Crippen LogP contribution is 2.35. The van der Waals surface area contributed by atoms with E-state index in [1.54, 1.807) is 12.1 Å². The summed E-state index contributed by atoms with van der Waals surface area (Å²) in [4.78, 5) is 0. The minimum absolute atomic E-state index is 0.215. The van der Waals surface area contributed by atoms with Crippen LogP contribution in [-0.2, 0) is 13.1 Å². The summed E-state index contributed by atoms with van der Waals surface area (Å²) in [6.07, 6.45) is 0. The van der Waals surface area contributed by atoms with E-state index in [4.69, 9.17) is 4.42 Å². The normalized spacial score (nSPS) is 11.2. The predicted octanol–water partition coefficient (Wildman–Crippen LogP) is 6.15. The van der Waals surface area contributed by atoms with Crippen LogP contribution in [0.25, 0.3) is 22.1 Å². The molecule has 1 aromatic heterocycles. The van der Waals surface area contributed by atoms with E-state index >= 15 is 0 Å². The van der Waals surface area contributed by atoms with Gasteiger partial charge in [-0.2, -0.15) is 0 Å². The predicted molar refractivity (Wildman–Crippen MR) is 108 cm³/mol. The lowest BCUT2D eigenvalue weighted by molar-refractivity contribution is 0.515. The molecule has 1 heterocycles.